The van der Waals surface area contributed by atoms with Gasteiger partial charge in [0.1, 0.15) is 11.2 Å². The van der Waals surface area contributed by atoms with Gasteiger partial charge < -0.3 is 8.98 Å². The number of nitrogens with zero attached hydrogens (tertiary/aromatic N) is 4. The van der Waals surface area contributed by atoms with E-state index in [2.05, 4.69) is 161 Å². The Morgan fingerprint density at radius 3 is 2.00 bits per heavy atom. The van der Waals surface area contributed by atoms with E-state index >= 15 is 0 Å². The summed E-state index contributed by atoms with van der Waals surface area (Å²) in [5.74, 6) is 0.648. The summed E-state index contributed by atoms with van der Waals surface area (Å²) in [6, 6.07) is 60.0. The molecule has 0 fully saturated rings. The van der Waals surface area contributed by atoms with Crippen molar-refractivity contribution in [2.24, 2.45) is 0 Å². The number of para-hydroxylation sites is 3. The molecule has 0 saturated carbocycles. The zero-order chi connectivity index (χ0) is 34.6. The van der Waals surface area contributed by atoms with Crippen LogP contribution in [0.2, 0.25) is 0 Å². The van der Waals surface area contributed by atoms with Crippen LogP contribution in [0.25, 0.3) is 110 Å². The first-order valence-electron chi connectivity index (χ1n) is 17.9. The van der Waals surface area contributed by atoms with Gasteiger partial charge in [0.05, 0.1) is 38.7 Å². The Hall–Kier alpha value is -7.24. The van der Waals surface area contributed by atoms with Gasteiger partial charge in [-0.25, -0.2) is 9.97 Å². The average molecular weight is 677 g/mol. The summed E-state index contributed by atoms with van der Waals surface area (Å²) in [6.07, 6.45) is 0. The predicted octanol–water partition coefficient (Wildman–Crippen LogP) is 12.5. The molecule has 246 valence electrons. The number of hydrogen-bond donors (Lipinski definition) is 0. The first-order valence-corrected chi connectivity index (χ1v) is 17.9. The van der Waals surface area contributed by atoms with E-state index in [0.717, 1.165) is 77.2 Å². The maximum atomic E-state index is 6.49. The summed E-state index contributed by atoms with van der Waals surface area (Å²) in [4.78, 5) is 10.6. The van der Waals surface area contributed by atoms with E-state index in [-0.39, 0.29) is 0 Å². The molecule has 0 saturated heterocycles. The summed E-state index contributed by atoms with van der Waals surface area (Å²) in [5, 5.41) is 10.4. The van der Waals surface area contributed by atoms with E-state index < -0.39 is 0 Å². The van der Waals surface area contributed by atoms with E-state index in [1.54, 1.807) is 0 Å². The second-order valence-corrected chi connectivity index (χ2v) is 13.8. The van der Waals surface area contributed by atoms with Crippen molar-refractivity contribution in [2.75, 3.05) is 0 Å². The van der Waals surface area contributed by atoms with Crippen LogP contribution in [0.15, 0.2) is 174 Å². The van der Waals surface area contributed by atoms with E-state index in [1.807, 2.05) is 18.2 Å². The van der Waals surface area contributed by atoms with Crippen LogP contribution in [0.5, 0.6) is 0 Å². The minimum absolute atomic E-state index is 0.648. The van der Waals surface area contributed by atoms with Crippen molar-refractivity contribution in [1.29, 1.82) is 0 Å². The van der Waals surface area contributed by atoms with E-state index in [0.29, 0.717) is 5.95 Å². The lowest BCUT2D eigenvalue weighted by Gasteiger charge is -2.12. The Morgan fingerprint density at radius 1 is 0.415 bits per heavy atom. The lowest BCUT2D eigenvalue weighted by molar-refractivity contribution is 0.669. The zero-order valence-electron chi connectivity index (χ0n) is 28.4. The number of fused-ring (bicyclic) bond motifs is 13. The summed E-state index contributed by atoms with van der Waals surface area (Å²) < 4.78 is 11.2. The highest BCUT2D eigenvalue weighted by Gasteiger charge is 2.24. The Kier molecular flexibility index (Phi) is 5.71. The van der Waals surface area contributed by atoms with E-state index in [9.17, 15) is 0 Å². The van der Waals surface area contributed by atoms with Crippen molar-refractivity contribution >= 4 is 87.2 Å². The van der Waals surface area contributed by atoms with Gasteiger partial charge in [-0.15, -0.1) is 0 Å². The fourth-order valence-corrected chi connectivity index (χ4v) is 8.64. The molecule has 0 atom stereocenters. The van der Waals surface area contributed by atoms with Gasteiger partial charge in [-0.2, -0.15) is 0 Å². The van der Waals surface area contributed by atoms with Crippen molar-refractivity contribution in [2.45, 2.75) is 0 Å². The predicted molar refractivity (Wildman–Crippen MR) is 218 cm³/mol. The first kappa shape index (κ1) is 28.5. The molecule has 0 radical (unpaired) electrons. The van der Waals surface area contributed by atoms with Crippen molar-refractivity contribution < 1.29 is 4.42 Å². The van der Waals surface area contributed by atoms with Gasteiger partial charge in [0.25, 0.3) is 0 Å². The van der Waals surface area contributed by atoms with E-state index in [1.165, 1.54) is 26.9 Å². The third-order valence-corrected chi connectivity index (χ3v) is 10.9. The monoisotopic (exact) mass is 676 g/mol. The molecule has 4 aromatic heterocycles. The molecule has 0 bridgehead atoms. The van der Waals surface area contributed by atoms with Gasteiger partial charge in [0.2, 0.25) is 5.95 Å². The Balaban J connectivity index is 1.26. The van der Waals surface area contributed by atoms with Gasteiger partial charge in [-0.3, -0.25) is 4.57 Å². The maximum absolute atomic E-state index is 6.49. The number of aromatic nitrogens is 4. The van der Waals surface area contributed by atoms with Gasteiger partial charge in [0, 0.05) is 43.6 Å². The molecule has 12 aromatic rings. The SMILES string of the molecule is c1ccc(-c2nc(-n3c4ccccc4c4c5c6ccc7oc8ccccc8c7c6n(-c6ccc7ccccc7c6)c5ccc43)nc3ccccc23)cc1. The quantitative estimate of drug-likeness (QED) is 0.187. The van der Waals surface area contributed by atoms with Gasteiger partial charge in [0.15, 0.2) is 0 Å². The molecule has 0 aliphatic rings. The van der Waals surface area contributed by atoms with Crippen LogP contribution in [-0.2, 0) is 0 Å². The maximum Gasteiger partial charge on any atom is 0.235 e. The fourth-order valence-electron chi connectivity index (χ4n) is 8.64. The number of furan rings is 1. The van der Waals surface area contributed by atoms with Crippen LogP contribution < -0.4 is 0 Å². The second kappa shape index (κ2) is 10.6. The van der Waals surface area contributed by atoms with Gasteiger partial charge in [-0.1, -0.05) is 115 Å². The standard InChI is InChI=1S/C48H28N4O/c1-2-13-30(14-3-1)46-33-16-6-9-19-37(33)49-48(50-46)52-38-20-10-7-17-34(38)43-40(52)26-25-39-44(43)36-24-27-42-45(35-18-8-11-21-41(35)53-42)47(36)51(39)32-23-22-29-12-4-5-15-31(29)28-32/h1-28H. The topological polar surface area (TPSA) is 48.8 Å². The molecule has 0 aliphatic carbocycles. The Morgan fingerprint density at radius 2 is 1.11 bits per heavy atom. The minimum Gasteiger partial charge on any atom is -0.456 e. The molecule has 8 aromatic carbocycles. The molecule has 0 aliphatic heterocycles. The van der Waals surface area contributed by atoms with Crippen molar-refractivity contribution in [3.05, 3.63) is 170 Å². The van der Waals surface area contributed by atoms with Crippen molar-refractivity contribution in [1.82, 2.24) is 19.1 Å². The molecule has 0 amide bonds. The van der Waals surface area contributed by atoms with Crippen molar-refractivity contribution in [3.63, 3.8) is 0 Å². The molecular formula is C48H28N4O. The van der Waals surface area contributed by atoms with Crippen LogP contribution in [0, 0.1) is 0 Å². The highest BCUT2D eigenvalue weighted by Crippen LogP contribution is 2.46. The molecule has 0 spiro atoms. The lowest BCUT2D eigenvalue weighted by Crippen LogP contribution is -2.03. The Labute approximate surface area is 302 Å². The number of hydrogen-bond acceptors (Lipinski definition) is 3. The third kappa shape index (κ3) is 3.96. The second-order valence-electron chi connectivity index (χ2n) is 13.8. The van der Waals surface area contributed by atoms with Crippen LogP contribution in [0.4, 0.5) is 0 Å². The van der Waals surface area contributed by atoms with Gasteiger partial charge >= 0.3 is 0 Å². The summed E-state index contributed by atoms with van der Waals surface area (Å²) in [6.45, 7) is 0. The molecule has 5 heteroatoms. The molecule has 5 nitrogen and oxygen atoms in total. The molecule has 0 unspecified atom stereocenters. The van der Waals surface area contributed by atoms with Gasteiger partial charge in [-0.05, 0) is 65.4 Å². The lowest BCUT2D eigenvalue weighted by atomic mass is 10.0. The molecular weight excluding hydrogens is 649 g/mol. The summed E-state index contributed by atoms with van der Waals surface area (Å²) in [5.41, 5.74) is 10.1. The molecule has 53 heavy (non-hydrogen) atoms. The van der Waals surface area contributed by atoms with Crippen LogP contribution >= 0.6 is 0 Å². The molecule has 0 N–H and O–H groups in total. The first-order chi connectivity index (χ1) is 26.3. The number of rotatable bonds is 3. The molecule has 4 heterocycles. The van der Waals surface area contributed by atoms with Crippen molar-refractivity contribution in [3.8, 4) is 22.9 Å². The normalized spacial score (nSPS) is 12.2. The largest absolute Gasteiger partial charge is 0.456 e. The summed E-state index contributed by atoms with van der Waals surface area (Å²) in [7, 11) is 0. The minimum atomic E-state index is 0.648. The summed E-state index contributed by atoms with van der Waals surface area (Å²) >= 11 is 0. The molecule has 12 rings (SSSR count). The number of benzene rings is 8. The van der Waals surface area contributed by atoms with E-state index in [4.69, 9.17) is 14.4 Å². The smallest absolute Gasteiger partial charge is 0.235 e. The third-order valence-electron chi connectivity index (χ3n) is 10.9. The van der Waals surface area contributed by atoms with Crippen LogP contribution in [0.1, 0.15) is 0 Å². The Bertz CT molecular complexity index is 3460. The average Bonchev–Trinajstić information content (AvgIpc) is 3.88. The fraction of sp³-hybridized carbons (Fsp3) is 0. The highest BCUT2D eigenvalue weighted by molar-refractivity contribution is 6.33. The van der Waals surface area contributed by atoms with Crippen LogP contribution in [0.3, 0.4) is 0 Å². The van der Waals surface area contributed by atoms with Crippen LogP contribution in [-0.4, -0.2) is 19.1 Å². The zero-order valence-corrected chi connectivity index (χ0v) is 28.4. The highest BCUT2D eigenvalue weighted by atomic mass is 16.3.